The van der Waals surface area contributed by atoms with Crippen molar-refractivity contribution in [2.45, 2.75) is 31.6 Å². The largest absolute Gasteiger partial charge is 0.342 e. The smallest absolute Gasteiger partial charge is 0.253 e. The summed E-state index contributed by atoms with van der Waals surface area (Å²) in [5.74, 6) is -1.17. The van der Waals surface area contributed by atoms with E-state index in [1.807, 2.05) is 31.2 Å². The molecule has 1 aromatic carbocycles. The number of amides is 2. The minimum absolute atomic E-state index is 0.153. The first-order valence-electron chi connectivity index (χ1n) is 7.58. The molecule has 2 amide bonds. The van der Waals surface area contributed by atoms with Gasteiger partial charge in [0.25, 0.3) is 5.91 Å². The molecule has 1 heterocycles. The van der Waals surface area contributed by atoms with Gasteiger partial charge < -0.3 is 5.32 Å². The first kappa shape index (κ1) is 19.6. The zero-order valence-electron chi connectivity index (χ0n) is 13.9. The lowest BCUT2D eigenvalue weighted by atomic mass is 10.0. The van der Waals surface area contributed by atoms with Crippen LogP contribution in [0.4, 0.5) is 5.13 Å². The van der Waals surface area contributed by atoms with Crippen LogP contribution in [-0.2, 0) is 9.59 Å². The Hall–Kier alpha value is -1.70. The number of aryl methyl sites for hydroxylation is 1. The summed E-state index contributed by atoms with van der Waals surface area (Å²) in [6.07, 6.45) is 0. The zero-order chi connectivity index (χ0) is 18.6. The molecule has 134 valence electrons. The van der Waals surface area contributed by atoms with E-state index in [2.05, 4.69) is 20.8 Å². The number of alkyl halides is 2. The van der Waals surface area contributed by atoms with Crippen LogP contribution in [0.5, 0.6) is 0 Å². The monoisotopic (exact) mass is 400 g/mol. The molecule has 1 atom stereocenters. The molecule has 0 bridgehead atoms. The van der Waals surface area contributed by atoms with Crippen LogP contribution in [0.3, 0.4) is 0 Å². The minimum Gasteiger partial charge on any atom is -0.342 e. The third kappa shape index (κ3) is 5.39. The number of halogens is 2. The number of aromatic nitrogens is 2. The fourth-order valence-corrected chi connectivity index (χ4v) is 2.97. The molecule has 9 heteroatoms. The molecule has 0 aliphatic carbocycles. The first-order chi connectivity index (χ1) is 11.8. The average molecular weight is 401 g/mol. The Morgan fingerprint density at radius 2 is 1.88 bits per heavy atom. The number of nitrogens with one attached hydrogen (secondary N) is 2. The summed E-state index contributed by atoms with van der Waals surface area (Å²) >= 11 is 12.3. The van der Waals surface area contributed by atoms with Crippen LogP contribution in [-0.4, -0.2) is 32.9 Å². The van der Waals surface area contributed by atoms with Gasteiger partial charge in [-0.1, -0.05) is 72.1 Å². The Kier molecular flexibility index (Phi) is 6.75. The number of rotatable bonds is 6. The van der Waals surface area contributed by atoms with Gasteiger partial charge >= 0.3 is 0 Å². The summed E-state index contributed by atoms with van der Waals surface area (Å²) in [5.41, 5.74) is 2.04. The fraction of sp³-hybridized carbons (Fsp3) is 0.375. The van der Waals surface area contributed by atoms with Crippen molar-refractivity contribution >= 4 is 51.5 Å². The van der Waals surface area contributed by atoms with Crippen LogP contribution in [0.1, 0.15) is 19.4 Å². The Bertz CT molecular complexity index is 764. The highest BCUT2D eigenvalue weighted by Crippen LogP contribution is 2.27. The van der Waals surface area contributed by atoms with Crippen molar-refractivity contribution in [2.24, 2.45) is 5.92 Å². The molecule has 0 aliphatic rings. The molecule has 0 saturated carbocycles. The van der Waals surface area contributed by atoms with Crippen molar-refractivity contribution in [3.8, 4) is 10.6 Å². The standard InChI is InChI=1S/C16H18Cl2N4O2S/c1-8(2)11(19-14(24)12(17)18)13(23)20-16-22-21-15(25-16)10-6-4-5-9(3)7-10/h4-8,11-12H,1-3H3,(H,19,24)(H,20,22,23). The maximum absolute atomic E-state index is 12.4. The lowest BCUT2D eigenvalue weighted by molar-refractivity contribution is -0.126. The van der Waals surface area contributed by atoms with Gasteiger partial charge in [0.2, 0.25) is 11.0 Å². The van der Waals surface area contributed by atoms with E-state index in [0.717, 1.165) is 11.1 Å². The van der Waals surface area contributed by atoms with Crippen LogP contribution in [0.2, 0.25) is 0 Å². The predicted octanol–water partition coefficient (Wildman–Crippen LogP) is 3.40. The molecule has 0 fully saturated rings. The van der Waals surface area contributed by atoms with Crippen molar-refractivity contribution in [1.82, 2.24) is 15.5 Å². The summed E-state index contributed by atoms with van der Waals surface area (Å²) in [6.45, 7) is 5.60. The summed E-state index contributed by atoms with van der Waals surface area (Å²) in [5, 5.41) is 14.3. The highest BCUT2D eigenvalue weighted by atomic mass is 35.5. The van der Waals surface area contributed by atoms with Crippen molar-refractivity contribution in [2.75, 3.05) is 5.32 Å². The number of hydrogen-bond acceptors (Lipinski definition) is 5. The lowest BCUT2D eigenvalue weighted by Crippen LogP contribution is -2.48. The molecule has 2 rings (SSSR count). The van der Waals surface area contributed by atoms with E-state index in [0.29, 0.717) is 10.1 Å². The van der Waals surface area contributed by atoms with E-state index in [1.54, 1.807) is 13.8 Å². The first-order valence-corrected chi connectivity index (χ1v) is 9.26. The number of carbonyl (C=O) groups excluding carboxylic acids is 2. The SMILES string of the molecule is Cc1cccc(-c2nnc(NC(=O)C(NC(=O)C(Cl)Cl)C(C)C)s2)c1. The van der Waals surface area contributed by atoms with E-state index in [1.165, 1.54) is 11.3 Å². The van der Waals surface area contributed by atoms with Gasteiger partial charge in [-0.3, -0.25) is 14.9 Å². The average Bonchev–Trinajstić information content (AvgIpc) is 3.00. The second-order valence-electron chi connectivity index (χ2n) is 5.80. The molecule has 2 aromatic rings. The van der Waals surface area contributed by atoms with Crippen molar-refractivity contribution in [3.63, 3.8) is 0 Å². The van der Waals surface area contributed by atoms with Crippen LogP contribution in [0.25, 0.3) is 10.6 Å². The quantitative estimate of drug-likeness (QED) is 0.727. The van der Waals surface area contributed by atoms with Crippen LogP contribution in [0.15, 0.2) is 24.3 Å². The number of nitrogens with zero attached hydrogens (tertiary/aromatic N) is 2. The highest BCUT2D eigenvalue weighted by Gasteiger charge is 2.27. The van der Waals surface area contributed by atoms with E-state index >= 15 is 0 Å². The Morgan fingerprint density at radius 1 is 1.16 bits per heavy atom. The van der Waals surface area contributed by atoms with Gasteiger partial charge in [-0.25, -0.2) is 0 Å². The van der Waals surface area contributed by atoms with Crippen LogP contribution >= 0.6 is 34.5 Å². The Labute approximate surface area is 159 Å². The van der Waals surface area contributed by atoms with Gasteiger partial charge in [0.15, 0.2) is 4.84 Å². The third-order valence-corrected chi connectivity index (χ3v) is 4.65. The Morgan fingerprint density at radius 3 is 2.48 bits per heavy atom. The van der Waals surface area contributed by atoms with Gasteiger partial charge in [-0.05, 0) is 18.9 Å². The van der Waals surface area contributed by atoms with E-state index < -0.39 is 22.7 Å². The maximum atomic E-state index is 12.4. The zero-order valence-corrected chi connectivity index (χ0v) is 16.2. The molecule has 6 nitrogen and oxygen atoms in total. The van der Waals surface area contributed by atoms with Crippen molar-refractivity contribution in [1.29, 1.82) is 0 Å². The van der Waals surface area contributed by atoms with E-state index in [-0.39, 0.29) is 5.92 Å². The molecule has 0 aliphatic heterocycles. The highest BCUT2D eigenvalue weighted by molar-refractivity contribution is 7.18. The Balaban J connectivity index is 2.10. The van der Waals surface area contributed by atoms with Gasteiger partial charge in [-0.2, -0.15) is 0 Å². The van der Waals surface area contributed by atoms with Crippen LogP contribution < -0.4 is 10.6 Å². The third-order valence-electron chi connectivity index (χ3n) is 3.37. The molecule has 0 saturated heterocycles. The molecular weight excluding hydrogens is 383 g/mol. The number of carbonyl (C=O) groups is 2. The molecule has 25 heavy (non-hydrogen) atoms. The predicted molar refractivity (Wildman–Crippen MR) is 101 cm³/mol. The van der Waals surface area contributed by atoms with Gasteiger partial charge in [0.1, 0.15) is 11.0 Å². The lowest BCUT2D eigenvalue weighted by Gasteiger charge is -2.21. The molecule has 2 N–H and O–H groups in total. The maximum Gasteiger partial charge on any atom is 0.253 e. The second kappa shape index (κ2) is 8.60. The minimum atomic E-state index is -1.23. The number of anilines is 1. The molecule has 0 radical (unpaired) electrons. The van der Waals surface area contributed by atoms with Crippen molar-refractivity contribution in [3.05, 3.63) is 29.8 Å². The normalized spacial score (nSPS) is 12.3. The molecular formula is C16H18Cl2N4O2S. The molecule has 1 aromatic heterocycles. The number of benzene rings is 1. The van der Waals surface area contributed by atoms with E-state index in [4.69, 9.17) is 23.2 Å². The summed E-state index contributed by atoms with van der Waals surface area (Å²) in [7, 11) is 0. The molecule has 1 unspecified atom stereocenters. The molecule has 0 spiro atoms. The van der Waals surface area contributed by atoms with Crippen molar-refractivity contribution < 1.29 is 9.59 Å². The number of hydrogen-bond donors (Lipinski definition) is 2. The summed E-state index contributed by atoms with van der Waals surface area (Å²) in [4.78, 5) is 22.9. The summed E-state index contributed by atoms with van der Waals surface area (Å²) < 4.78 is 0. The van der Waals surface area contributed by atoms with Gasteiger partial charge in [0, 0.05) is 5.56 Å². The van der Waals surface area contributed by atoms with E-state index in [9.17, 15) is 9.59 Å². The second-order valence-corrected chi connectivity index (χ2v) is 7.88. The fourth-order valence-electron chi connectivity index (χ4n) is 2.10. The van der Waals surface area contributed by atoms with Crippen LogP contribution in [0, 0.1) is 12.8 Å². The topological polar surface area (TPSA) is 84.0 Å². The van der Waals surface area contributed by atoms with Gasteiger partial charge in [0.05, 0.1) is 0 Å². The van der Waals surface area contributed by atoms with Gasteiger partial charge in [-0.15, -0.1) is 10.2 Å². The summed E-state index contributed by atoms with van der Waals surface area (Å²) in [6, 6.07) is 7.06.